The number of nitrogens with zero attached hydrogens (tertiary/aromatic N) is 3. The van der Waals surface area contributed by atoms with Gasteiger partial charge in [0.05, 0.1) is 18.2 Å². The lowest BCUT2D eigenvalue weighted by atomic mass is 9.94. The van der Waals surface area contributed by atoms with Gasteiger partial charge in [-0.15, -0.1) is 0 Å². The SMILES string of the molecule is CCOC(=O)C1=C(CN2CCN(C(=O)c3ccccc3)C(C)C2)N(C)C(=O)NC1c1ccccc1. The zero-order valence-electron chi connectivity index (χ0n) is 20.4. The van der Waals surface area contributed by atoms with Gasteiger partial charge < -0.3 is 15.0 Å². The molecule has 2 aromatic rings. The van der Waals surface area contributed by atoms with Crippen molar-refractivity contribution in [3.05, 3.63) is 83.1 Å². The first-order chi connectivity index (χ1) is 16.9. The Morgan fingerprint density at radius 1 is 1.03 bits per heavy atom. The number of ether oxygens (including phenoxy) is 1. The molecule has 8 heteroatoms. The minimum atomic E-state index is -0.590. The minimum absolute atomic E-state index is 0.0162. The molecule has 35 heavy (non-hydrogen) atoms. The highest BCUT2D eigenvalue weighted by atomic mass is 16.5. The molecule has 0 radical (unpaired) electrons. The van der Waals surface area contributed by atoms with Crippen molar-refractivity contribution in [1.82, 2.24) is 20.0 Å². The Bertz CT molecular complexity index is 1100. The normalized spacial score (nSPS) is 21.1. The number of urea groups is 1. The lowest BCUT2D eigenvalue weighted by Gasteiger charge is -2.42. The smallest absolute Gasteiger partial charge is 0.338 e. The van der Waals surface area contributed by atoms with E-state index in [1.54, 1.807) is 14.0 Å². The largest absolute Gasteiger partial charge is 0.463 e. The second-order valence-electron chi connectivity index (χ2n) is 8.88. The highest BCUT2D eigenvalue weighted by molar-refractivity contribution is 5.95. The third-order valence-electron chi connectivity index (χ3n) is 6.57. The summed E-state index contributed by atoms with van der Waals surface area (Å²) in [6.07, 6.45) is 0. The molecule has 0 spiro atoms. The van der Waals surface area contributed by atoms with Crippen LogP contribution in [0, 0.1) is 0 Å². The van der Waals surface area contributed by atoms with Crippen molar-refractivity contribution in [2.24, 2.45) is 0 Å². The number of nitrogens with one attached hydrogen (secondary N) is 1. The number of carbonyl (C=O) groups is 3. The van der Waals surface area contributed by atoms with Gasteiger partial charge in [0.25, 0.3) is 5.91 Å². The number of hydrogen-bond acceptors (Lipinski definition) is 5. The molecule has 0 saturated carbocycles. The van der Waals surface area contributed by atoms with E-state index >= 15 is 0 Å². The maximum atomic E-state index is 13.1. The third-order valence-corrected chi connectivity index (χ3v) is 6.57. The van der Waals surface area contributed by atoms with Crippen LogP contribution in [0.5, 0.6) is 0 Å². The fourth-order valence-electron chi connectivity index (χ4n) is 4.73. The highest BCUT2D eigenvalue weighted by Gasteiger charge is 2.38. The number of hydrogen-bond donors (Lipinski definition) is 1. The van der Waals surface area contributed by atoms with E-state index in [1.165, 1.54) is 4.90 Å². The Morgan fingerprint density at radius 2 is 1.69 bits per heavy atom. The van der Waals surface area contributed by atoms with E-state index < -0.39 is 12.0 Å². The molecule has 2 heterocycles. The molecule has 1 fully saturated rings. The van der Waals surface area contributed by atoms with Gasteiger partial charge in [-0.3, -0.25) is 14.6 Å². The molecule has 184 valence electrons. The highest BCUT2D eigenvalue weighted by Crippen LogP contribution is 2.31. The van der Waals surface area contributed by atoms with Crippen molar-refractivity contribution in [2.45, 2.75) is 25.9 Å². The van der Waals surface area contributed by atoms with Crippen molar-refractivity contribution in [3.8, 4) is 0 Å². The van der Waals surface area contributed by atoms with Crippen molar-refractivity contribution >= 4 is 17.9 Å². The maximum absolute atomic E-state index is 13.1. The van der Waals surface area contributed by atoms with Gasteiger partial charge in [-0.2, -0.15) is 0 Å². The number of benzene rings is 2. The predicted molar refractivity (Wildman–Crippen MR) is 133 cm³/mol. The Labute approximate surface area is 206 Å². The van der Waals surface area contributed by atoms with Crippen molar-refractivity contribution < 1.29 is 19.1 Å². The average Bonchev–Trinajstić information content (AvgIpc) is 2.87. The lowest BCUT2D eigenvalue weighted by molar-refractivity contribution is -0.139. The molecular formula is C27H32N4O4. The molecule has 2 unspecified atom stereocenters. The molecule has 2 aliphatic rings. The lowest BCUT2D eigenvalue weighted by Crippen LogP contribution is -2.56. The number of carbonyl (C=O) groups excluding carboxylic acids is 3. The number of piperazine rings is 1. The molecule has 0 aliphatic carbocycles. The summed E-state index contributed by atoms with van der Waals surface area (Å²) in [6.45, 7) is 6.26. The van der Waals surface area contributed by atoms with Crippen molar-refractivity contribution in [3.63, 3.8) is 0 Å². The van der Waals surface area contributed by atoms with Crippen LogP contribution in [-0.4, -0.2) is 78.5 Å². The van der Waals surface area contributed by atoms with Crippen LogP contribution in [0.15, 0.2) is 71.9 Å². The van der Waals surface area contributed by atoms with Gasteiger partial charge in [0.1, 0.15) is 0 Å². The number of amides is 3. The average molecular weight is 477 g/mol. The van der Waals surface area contributed by atoms with Gasteiger partial charge in [-0.05, 0) is 31.5 Å². The van der Waals surface area contributed by atoms with Crippen LogP contribution in [-0.2, 0) is 9.53 Å². The van der Waals surface area contributed by atoms with Crippen LogP contribution in [0.4, 0.5) is 4.79 Å². The fourth-order valence-corrected chi connectivity index (χ4v) is 4.73. The monoisotopic (exact) mass is 476 g/mol. The van der Waals surface area contributed by atoms with Crippen LogP contribution >= 0.6 is 0 Å². The molecule has 2 aliphatic heterocycles. The molecule has 1 N–H and O–H groups in total. The van der Waals surface area contributed by atoms with Gasteiger partial charge >= 0.3 is 12.0 Å². The quantitative estimate of drug-likeness (QED) is 0.648. The first-order valence-electron chi connectivity index (χ1n) is 12.0. The van der Waals surface area contributed by atoms with Crippen LogP contribution < -0.4 is 5.32 Å². The van der Waals surface area contributed by atoms with E-state index in [4.69, 9.17) is 4.74 Å². The zero-order valence-corrected chi connectivity index (χ0v) is 20.4. The Morgan fingerprint density at radius 3 is 2.31 bits per heavy atom. The number of esters is 1. The summed E-state index contributed by atoms with van der Waals surface area (Å²) in [5.74, 6) is -0.420. The van der Waals surface area contributed by atoms with Crippen LogP contribution in [0.3, 0.4) is 0 Å². The van der Waals surface area contributed by atoms with E-state index in [0.29, 0.717) is 43.0 Å². The number of likely N-dealkylation sites (N-methyl/N-ethyl adjacent to an activating group) is 1. The fraction of sp³-hybridized carbons (Fsp3) is 0.370. The predicted octanol–water partition coefficient (Wildman–Crippen LogP) is 3.05. The summed E-state index contributed by atoms with van der Waals surface area (Å²) in [5.41, 5.74) is 2.56. The van der Waals surface area contributed by atoms with Crippen molar-refractivity contribution in [1.29, 1.82) is 0 Å². The Balaban J connectivity index is 1.59. The Kier molecular flexibility index (Phi) is 7.51. The second-order valence-corrected chi connectivity index (χ2v) is 8.88. The van der Waals surface area contributed by atoms with Gasteiger partial charge in [-0.25, -0.2) is 9.59 Å². The van der Waals surface area contributed by atoms with Gasteiger partial charge in [0, 0.05) is 50.5 Å². The summed E-state index contributed by atoms with van der Waals surface area (Å²) < 4.78 is 5.41. The van der Waals surface area contributed by atoms with E-state index in [1.807, 2.05) is 72.5 Å². The maximum Gasteiger partial charge on any atom is 0.338 e. The molecule has 2 atom stereocenters. The molecular weight excluding hydrogens is 444 g/mol. The van der Waals surface area contributed by atoms with E-state index in [9.17, 15) is 14.4 Å². The van der Waals surface area contributed by atoms with E-state index in [2.05, 4.69) is 10.2 Å². The summed E-state index contributed by atoms with van der Waals surface area (Å²) in [4.78, 5) is 44.6. The third kappa shape index (κ3) is 5.22. The number of rotatable bonds is 6. The van der Waals surface area contributed by atoms with Crippen LogP contribution in [0.1, 0.15) is 35.8 Å². The van der Waals surface area contributed by atoms with Crippen LogP contribution in [0.2, 0.25) is 0 Å². The van der Waals surface area contributed by atoms with Crippen molar-refractivity contribution in [2.75, 3.05) is 39.8 Å². The first-order valence-corrected chi connectivity index (χ1v) is 12.0. The topological polar surface area (TPSA) is 82.2 Å². The molecule has 4 rings (SSSR count). The van der Waals surface area contributed by atoms with Crippen LogP contribution in [0.25, 0.3) is 0 Å². The molecule has 1 saturated heterocycles. The van der Waals surface area contributed by atoms with E-state index in [-0.39, 0.29) is 24.6 Å². The molecule has 0 bridgehead atoms. The summed E-state index contributed by atoms with van der Waals surface area (Å²) in [6, 6.07) is 17.9. The van der Waals surface area contributed by atoms with Gasteiger partial charge in [0.15, 0.2) is 0 Å². The second kappa shape index (κ2) is 10.7. The summed E-state index contributed by atoms with van der Waals surface area (Å²) in [5, 5.41) is 2.94. The first kappa shape index (κ1) is 24.5. The zero-order chi connectivity index (χ0) is 24.9. The minimum Gasteiger partial charge on any atom is -0.463 e. The van der Waals surface area contributed by atoms with Gasteiger partial charge in [0.2, 0.25) is 0 Å². The van der Waals surface area contributed by atoms with Gasteiger partial charge in [-0.1, -0.05) is 48.5 Å². The standard InChI is InChI=1S/C27H32N4O4/c1-4-35-26(33)23-22(29(3)27(34)28-24(23)20-11-7-5-8-12-20)18-30-15-16-31(19(2)17-30)25(32)21-13-9-6-10-14-21/h5-14,19,24H,4,15-18H2,1-3H3,(H,28,34). The summed E-state index contributed by atoms with van der Waals surface area (Å²) in [7, 11) is 1.67. The van der Waals surface area contributed by atoms with E-state index in [0.717, 1.165) is 5.56 Å². The molecule has 0 aromatic heterocycles. The molecule has 8 nitrogen and oxygen atoms in total. The molecule has 3 amide bonds. The Hall–Kier alpha value is -3.65. The summed E-state index contributed by atoms with van der Waals surface area (Å²) >= 11 is 0. The molecule has 2 aromatic carbocycles.